The molecule has 1 aliphatic heterocycles. The number of alkyl carbamates (subject to hydrolysis) is 1. The van der Waals surface area contributed by atoms with Crippen molar-refractivity contribution in [1.29, 1.82) is 0 Å². The minimum absolute atomic E-state index is 0.0455. The Balaban J connectivity index is 1.88. The van der Waals surface area contributed by atoms with E-state index in [-0.39, 0.29) is 30.9 Å². The highest BCUT2D eigenvalue weighted by molar-refractivity contribution is 5.95. The van der Waals surface area contributed by atoms with Crippen LogP contribution in [0.3, 0.4) is 0 Å². The summed E-state index contributed by atoms with van der Waals surface area (Å²) in [7, 11) is 5.03. The summed E-state index contributed by atoms with van der Waals surface area (Å²) in [6.45, 7) is 9.62. The molecular weight excluding hydrogens is 478 g/mol. The number of hydrogen-bond acceptors (Lipinski definition) is 8. The third-order valence-corrected chi connectivity index (χ3v) is 5.76. The summed E-state index contributed by atoms with van der Waals surface area (Å²) < 4.78 is 21.4. The normalized spacial score (nSPS) is 13.8. The molecule has 2 amide bonds. The van der Waals surface area contributed by atoms with Crippen LogP contribution in [0.2, 0.25) is 0 Å². The number of rotatable bonds is 11. The van der Waals surface area contributed by atoms with Crippen molar-refractivity contribution < 1.29 is 33.3 Å². The predicted octanol–water partition coefficient (Wildman–Crippen LogP) is 3.57. The van der Waals surface area contributed by atoms with E-state index in [0.29, 0.717) is 36.5 Å². The molecular formula is C27H41N3O7. The number of esters is 1. The predicted molar refractivity (Wildman–Crippen MR) is 141 cm³/mol. The molecule has 0 fully saturated rings. The second kappa shape index (κ2) is 13.2. The molecule has 2 rings (SSSR count). The lowest BCUT2D eigenvalue weighted by molar-refractivity contribution is -0.145. The van der Waals surface area contributed by atoms with Gasteiger partial charge >= 0.3 is 12.1 Å². The second-order valence-corrected chi connectivity index (χ2v) is 10.3. The molecule has 1 aromatic rings. The second-order valence-electron chi connectivity index (χ2n) is 10.3. The first-order valence-electron chi connectivity index (χ1n) is 12.5. The highest BCUT2D eigenvalue weighted by Gasteiger charge is 2.25. The lowest BCUT2D eigenvalue weighted by Crippen LogP contribution is -2.43. The molecule has 1 atom stereocenters. The summed E-state index contributed by atoms with van der Waals surface area (Å²) in [6.07, 6.45) is 2.27. The number of carbonyl (C=O) groups is 3. The maximum absolute atomic E-state index is 13.1. The number of nitrogens with one attached hydrogen (secondary N) is 2. The number of amides is 2. The highest BCUT2D eigenvalue weighted by Crippen LogP contribution is 2.38. The summed E-state index contributed by atoms with van der Waals surface area (Å²) in [5.41, 5.74) is 1.89. The van der Waals surface area contributed by atoms with Crippen LogP contribution in [-0.2, 0) is 25.5 Å². The minimum Gasteiger partial charge on any atom is -0.493 e. The summed E-state index contributed by atoms with van der Waals surface area (Å²) in [5, 5.41) is 5.62. The van der Waals surface area contributed by atoms with Gasteiger partial charge in [-0.1, -0.05) is 13.8 Å². The van der Waals surface area contributed by atoms with E-state index in [4.69, 9.17) is 18.9 Å². The third-order valence-electron chi connectivity index (χ3n) is 5.76. The zero-order valence-corrected chi connectivity index (χ0v) is 23.2. The van der Waals surface area contributed by atoms with Gasteiger partial charge < -0.3 is 34.5 Å². The minimum atomic E-state index is -0.577. The highest BCUT2D eigenvalue weighted by atomic mass is 16.6. The van der Waals surface area contributed by atoms with Gasteiger partial charge in [0.15, 0.2) is 11.5 Å². The molecule has 1 aliphatic rings. The summed E-state index contributed by atoms with van der Waals surface area (Å²) in [6, 6.07) is 3.41. The fraction of sp³-hybridized carbons (Fsp3) is 0.593. The first-order valence-corrected chi connectivity index (χ1v) is 12.5. The van der Waals surface area contributed by atoms with Gasteiger partial charge in [0.05, 0.1) is 20.3 Å². The monoisotopic (exact) mass is 519 g/mol. The molecule has 2 N–H and O–H groups in total. The molecule has 0 aromatic heterocycles. The van der Waals surface area contributed by atoms with Crippen molar-refractivity contribution in [2.24, 2.45) is 5.92 Å². The van der Waals surface area contributed by atoms with Crippen molar-refractivity contribution in [3.63, 3.8) is 0 Å². The molecule has 0 radical (unpaired) electrons. The van der Waals surface area contributed by atoms with Crippen LogP contribution in [0.1, 0.15) is 53.0 Å². The molecule has 10 nitrogen and oxygen atoms in total. The fourth-order valence-corrected chi connectivity index (χ4v) is 3.73. The standard InChI is InChI=1S/C27H41N3O7/c1-17(2)20(16-36-24(31)10-9-11-28-26(33)37-27(3,4)5)29-25(32)19-12-18-13-22(34-7)23(35-8)14-21(18)30(6)15-19/h13-15,17,20H,9-12,16H2,1-8H3,(H,28,33)(H,29,32). The Morgan fingerprint density at radius 2 is 1.73 bits per heavy atom. The van der Waals surface area contributed by atoms with Crippen molar-refractivity contribution in [2.75, 3.05) is 39.3 Å². The Morgan fingerprint density at radius 3 is 2.32 bits per heavy atom. The van der Waals surface area contributed by atoms with Crippen LogP contribution in [-0.4, -0.2) is 64.0 Å². The van der Waals surface area contributed by atoms with E-state index in [1.165, 1.54) is 0 Å². The van der Waals surface area contributed by atoms with Gasteiger partial charge in [-0.2, -0.15) is 0 Å². The van der Waals surface area contributed by atoms with Gasteiger partial charge in [0, 0.05) is 50.0 Å². The Bertz CT molecular complexity index is 998. The molecule has 0 spiro atoms. The van der Waals surface area contributed by atoms with Crippen LogP contribution >= 0.6 is 0 Å². The van der Waals surface area contributed by atoms with E-state index < -0.39 is 17.7 Å². The Hall–Kier alpha value is -3.43. The van der Waals surface area contributed by atoms with E-state index in [2.05, 4.69) is 10.6 Å². The molecule has 206 valence electrons. The summed E-state index contributed by atoms with van der Waals surface area (Å²) in [4.78, 5) is 38.9. The van der Waals surface area contributed by atoms with E-state index >= 15 is 0 Å². The van der Waals surface area contributed by atoms with Crippen LogP contribution < -0.4 is 25.0 Å². The number of carbonyl (C=O) groups excluding carboxylic acids is 3. The Morgan fingerprint density at radius 1 is 1.08 bits per heavy atom. The van der Waals surface area contributed by atoms with E-state index in [9.17, 15) is 14.4 Å². The van der Waals surface area contributed by atoms with Gasteiger partial charge in [-0.3, -0.25) is 9.59 Å². The molecule has 10 heteroatoms. The van der Waals surface area contributed by atoms with Crippen molar-refractivity contribution >= 4 is 23.7 Å². The molecule has 0 saturated carbocycles. The van der Waals surface area contributed by atoms with Crippen LogP contribution in [0.4, 0.5) is 10.5 Å². The number of benzene rings is 1. The van der Waals surface area contributed by atoms with E-state index in [0.717, 1.165) is 11.3 Å². The van der Waals surface area contributed by atoms with Crippen molar-refractivity contribution in [2.45, 2.75) is 65.5 Å². The number of anilines is 1. The van der Waals surface area contributed by atoms with Gasteiger partial charge in [-0.25, -0.2) is 4.79 Å². The van der Waals surface area contributed by atoms with E-state index in [1.54, 1.807) is 41.2 Å². The average molecular weight is 520 g/mol. The Kier molecular flexibility index (Phi) is 10.6. The molecule has 1 heterocycles. The maximum atomic E-state index is 13.1. The number of ether oxygens (including phenoxy) is 4. The summed E-state index contributed by atoms with van der Waals surface area (Å²) >= 11 is 0. The van der Waals surface area contributed by atoms with E-state index in [1.807, 2.05) is 37.9 Å². The molecule has 1 aromatic carbocycles. The zero-order chi connectivity index (χ0) is 27.8. The van der Waals surface area contributed by atoms with Gasteiger partial charge in [0.1, 0.15) is 12.2 Å². The van der Waals surface area contributed by atoms with Crippen LogP contribution in [0.15, 0.2) is 23.9 Å². The lowest BCUT2D eigenvalue weighted by atomic mass is 9.97. The van der Waals surface area contributed by atoms with Gasteiger partial charge in [-0.15, -0.1) is 0 Å². The number of fused-ring (bicyclic) bond motifs is 1. The summed E-state index contributed by atoms with van der Waals surface area (Å²) in [5.74, 6) is 0.659. The van der Waals surface area contributed by atoms with Gasteiger partial charge in [-0.05, 0) is 44.7 Å². The van der Waals surface area contributed by atoms with Crippen LogP contribution in [0, 0.1) is 5.92 Å². The van der Waals surface area contributed by atoms with Crippen LogP contribution in [0.25, 0.3) is 0 Å². The molecule has 0 saturated heterocycles. The smallest absolute Gasteiger partial charge is 0.407 e. The third kappa shape index (κ3) is 9.18. The quantitative estimate of drug-likeness (QED) is 0.337. The number of methoxy groups -OCH3 is 2. The molecule has 0 aliphatic carbocycles. The lowest BCUT2D eigenvalue weighted by Gasteiger charge is -2.28. The van der Waals surface area contributed by atoms with Crippen LogP contribution in [0.5, 0.6) is 11.5 Å². The van der Waals surface area contributed by atoms with Crippen molar-refractivity contribution in [1.82, 2.24) is 10.6 Å². The molecule has 37 heavy (non-hydrogen) atoms. The number of hydrogen-bond donors (Lipinski definition) is 2. The zero-order valence-electron chi connectivity index (χ0n) is 23.2. The largest absolute Gasteiger partial charge is 0.493 e. The Labute approximate surface area is 219 Å². The SMILES string of the molecule is COc1cc2c(cc1OC)N(C)C=C(C(=O)NC(COC(=O)CCCNC(=O)OC(C)(C)C)C(C)C)C2. The van der Waals surface area contributed by atoms with Crippen molar-refractivity contribution in [3.8, 4) is 11.5 Å². The van der Waals surface area contributed by atoms with Gasteiger partial charge in [0.25, 0.3) is 0 Å². The molecule has 0 bridgehead atoms. The topological polar surface area (TPSA) is 115 Å². The van der Waals surface area contributed by atoms with Crippen molar-refractivity contribution in [3.05, 3.63) is 29.5 Å². The average Bonchev–Trinajstić information content (AvgIpc) is 2.82. The van der Waals surface area contributed by atoms with Gasteiger partial charge in [0.2, 0.25) is 5.91 Å². The first kappa shape index (κ1) is 29.8. The first-order chi connectivity index (χ1) is 17.3. The molecule has 1 unspecified atom stereocenters. The fourth-order valence-electron chi connectivity index (χ4n) is 3.73. The number of nitrogens with zero attached hydrogens (tertiary/aromatic N) is 1. The maximum Gasteiger partial charge on any atom is 0.407 e.